The molecule has 4 heteroatoms. The first-order chi connectivity index (χ1) is 10.7. The number of hydrogen-bond donors (Lipinski definition) is 1. The molecule has 1 N–H and O–H groups in total. The van der Waals surface area contributed by atoms with Crippen LogP contribution in [0.2, 0.25) is 0 Å². The third-order valence-electron chi connectivity index (χ3n) is 5.29. The van der Waals surface area contributed by atoms with Gasteiger partial charge in [-0.2, -0.15) is 0 Å². The maximum absolute atomic E-state index is 12.9. The largest absolute Gasteiger partial charge is 0.469 e. The molecule has 1 saturated heterocycles. The van der Waals surface area contributed by atoms with Crippen LogP contribution in [0.4, 0.5) is 0 Å². The summed E-state index contributed by atoms with van der Waals surface area (Å²) >= 11 is 0. The molecule has 1 aromatic rings. The Labute approximate surface area is 132 Å². The molecule has 0 aromatic carbocycles. The van der Waals surface area contributed by atoms with E-state index in [9.17, 15) is 9.90 Å². The average molecular weight is 305 g/mol. The number of likely N-dealkylation sites (tertiary alicyclic amines) is 1. The zero-order valence-electron chi connectivity index (χ0n) is 13.5. The number of aryl methyl sites for hydroxylation is 1. The molecule has 3 atom stereocenters. The van der Waals surface area contributed by atoms with E-state index in [0.717, 1.165) is 62.8 Å². The molecule has 1 aliphatic heterocycles. The molecule has 2 aliphatic rings. The number of aliphatic hydroxyl groups excluding tert-OH is 1. The fraction of sp³-hybridized carbons (Fsp3) is 0.722. The molecule has 1 aromatic heterocycles. The topological polar surface area (TPSA) is 53.7 Å². The normalized spacial score (nSPS) is 29.0. The van der Waals surface area contributed by atoms with Crippen LogP contribution in [0.3, 0.4) is 0 Å². The number of rotatable bonds is 4. The van der Waals surface area contributed by atoms with Crippen molar-refractivity contribution in [1.29, 1.82) is 0 Å². The molecule has 2 fully saturated rings. The Morgan fingerprint density at radius 2 is 2.14 bits per heavy atom. The number of furan rings is 1. The van der Waals surface area contributed by atoms with Gasteiger partial charge in [0.05, 0.1) is 17.9 Å². The molecule has 0 bridgehead atoms. The van der Waals surface area contributed by atoms with E-state index in [0.29, 0.717) is 0 Å². The van der Waals surface area contributed by atoms with Gasteiger partial charge in [-0.3, -0.25) is 4.79 Å². The lowest BCUT2D eigenvalue weighted by Crippen LogP contribution is -2.45. The van der Waals surface area contributed by atoms with Crippen molar-refractivity contribution in [2.45, 2.75) is 70.4 Å². The van der Waals surface area contributed by atoms with E-state index < -0.39 is 0 Å². The highest BCUT2D eigenvalue weighted by Crippen LogP contribution is 2.35. The summed E-state index contributed by atoms with van der Waals surface area (Å²) in [5.74, 6) is 1.15. The van der Waals surface area contributed by atoms with Crippen LogP contribution in [0.15, 0.2) is 16.7 Å². The zero-order chi connectivity index (χ0) is 15.5. The van der Waals surface area contributed by atoms with Crippen LogP contribution in [-0.2, 0) is 6.42 Å². The van der Waals surface area contributed by atoms with Crippen LogP contribution < -0.4 is 0 Å². The lowest BCUT2D eigenvalue weighted by molar-refractivity contribution is 0.0211. The molecule has 3 rings (SSSR count). The molecule has 1 saturated carbocycles. The Morgan fingerprint density at radius 3 is 2.91 bits per heavy atom. The Bertz CT molecular complexity index is 510. The minimum atomic E-state index is -0.244. The number of amides is 1. The molecule has 1 aliphatic carbocycles. The van der Waals surface area contributed by atoms with Crippen molar-refractivity contribution in [3.63, 3.8) is 0 Å². The minimum absolute atomic E-state index is 0.0949. The van der Waals surface area contributed by atoms with Gasteiger partial charge in [-0.1, -0.05) is 19.8 Å². The smallest absolute Gasteiger partial charge is 0.257 e. The van der Waals surface area contributed by atoms with E-state index >= 15 is 0 Å². The molecular weight excluding hydrogens is 278 g/mol. The molecule has 0 unspecified atom stereocenters. The van der Waals surface area contributed by atoms with Gasteiger partial charge in [-0.05, 0) is 38.2 Å². The van der Waals surface area contributed by atoms with Crippen LogP contribution >= 0.6 is 0 Å². The van der Waals surface area contributed by atoms with Crippen LogP contribution in [0.25, 0.3) is 0 Å². The van der Waals surface area contributed by atoms with E-state index in [-0.39, 0.29) is 24.0 Å². The summed E-state index contributed by atoms with van der Waals surface area (Å²) in [4.78, 5) is 15.0. The van der Waals surface area contributed by atoms with Crippen molar-refractivity contribution in [3.05, 3.63) is 23.7 Å². The molecule has 0 spiro atoms. The predicted octanol–water partition coefficient (Wildman–Crippen LogP) is 3.39. The molecule has 2 heterocycles. The molecule has 0 radical (unpaired) electrons. The summed E-state index contributed by atoms with van der Waals surface area (Å²) in [6, 6.07) is 2.01. The van der Waals surface area contributed by atoms with Crippen molar-refractivity contribution in [2.24, 2.45) is 5.92 Å². The maximum Gasteiger partial charge on any atom is 0.257 e. The lowest BCUT2D eigenvalue weighted by Gasteiger charge is -2.37. The van der Waals surface area contributed by atoms with Gasteiger partial charge in [-0.15, -0.1) is 0 Å². The fourth-order valence-corrected chi connectivity index (χ4v) is 4.19. The van der Waals surface area contributed by atoms with Crippen molar-refractivity contribution in [3.8, 4) is 0 Å². The highest BCUT2D eigenvalue weighted by Gasteiger charge is 2.39. The predicted molar refractivity (Wildman–Crippen MR) is 84.7 cm³/mol. The SMILES string of the molecule is CCCc1occc1C(=O)N1CCC[C@@H]1[C@@H]1CCCC[C@H]1O. The summed E-state index contributed by atoms with van der Waals surface area (Å²) < 4.78 is 5.49. The number of nitrogens with zero attached hydrogens (tertiary/aromatic N) is 1. The van der Waals surface area contributed by atoms with Crippen LogP contribution in [-0.4, -0.2) is 34.6 Å². The number of carbonyl (C=O) groups is 1. The van der Waals surface area contributed by atoms with Crippen molar-refractivity contribution in [1.82, 2.24) is 4.90 Å². The average Bonchev–Trinajstić information content (AvgIpc) is 3.16. The van der Waals surface area contributed by atoms with Gasteiger partial charge in [0.1, 0.15) is 5.76 Å². The van der Waals surface area contributed by atoms with E-state index in [1.54, 1.807) is 12.3 Å². The monoisotopic (exact) mass is 305 g/mol. The highest BCUT2D eigenvalue weighted by molar-refractivity contribution is 5.95. The van der Waals surface area contributed by atoms with E-state index in [1.165, 1.54) is 6.42 Å². The second-order valence-corrected chi connectivity index (χ2v) is 6.73. The van der Waals surface area contributed by atoms with E-state index in [2.05, 4.69) is 6.92 Å². The Hall–Kier alpha value is -1.29. The van der Waals surface area contributed by atoms with Crippen molar-refractivity contribution < 1.29 is 14.3 Å². The van der Waals surface area contributed by atoms with Crippen LogP contribution in [0.1, 0.15) is 68.0 Å². The number of carbonyl (C=O) groups excluding carboxylic acids is 1. The van der Waals surface area contributed by atoms with Gasteiger partial charge >= 0.3 is 0 Å². The molecule has 22 heavy (non-hydrogen) atoms. The number of aliphatic hydroxyl groups is 1. The van der Waals surface area contributed by atoms with Gasteiger partial charge in [0.25, 0.3) is 5.91 Å². The second kappa shape index (κ2) is 6.86. The van der Waals surface area contributed by atoms with Gasteiger partial charge in [0, 0.05) is 24.9 Å². The fourth-order valence-electron chi connectivity index (χ4n) is 4.19. The maximum atomic E-state index is 12.9. The minimum Gasteiger partial charge on any atom is -0.469 e. The highest BCUT2D eigenvalue weighted by atomic mass is 16.3. The van der Waals surface area contributed by atoms with Gasteiger partial charge in [0.2, 0.25) is 0 Å². The second-order valence-electron chi connectivity index (χ2n) is 6.73. The van der Waals surface area contributed by atoms with Gasteiger partial charge in [0.15, 0.2) is 0 Å². The zero-order valence-corrected chi connectivity index (χ0v) is 13.5. The molecule has 4 nitrogen and oxygen atoms in total. The van der Waals surface area contributed by atoms with Crippen molar-refractivity contribution in [2.75, 3.05) is 6.54 Å². The Balaban J connectivity index is 1.77. The van der Waals surface area contributed by atoms with E-state index in [4.69, 9.17) is 4.42 Å². The van der Waals surface area contributed by atoms with Gasteiger partial charge in [-0.25, -0.2) is 0 Å². The quantitative estimate of drug-likeness (QED) is 0.927. The lowest BCUT2D eigenvalue weighted by atomic mass is 9.80. The van der Waals surface area contributed by atoms with E-state index in [1.807, 2.05) is 4.90 Å². The Kier molecular flexibility index (Phi) is 4.87. The summed E-state index contributed by atoms with van der Waals surface area (Å²) in [7, 11) is 0. The summed E-state index contributed by atoms with van der Waals surface area (Å²) in [6.07, 6.45) is 9.43. The van der Waals surface area contributed by atoms with Crippen molar-refractivity contribution >= 4 is 5.91 Å². The molecule has 1 amide bonds. The van der Waals surface area contributed by atoms with Crippen LogP contribution in [0, 0.1) is 5.92 Å². The first kappa shape index (κ1) is 15.6. The summed E-state index contributed by atoms with van der Waals surface area (Å²) in [5, 5.41) is 10.3. The summed E-state index contributed by atoms with van der Waals surface area (Å²) in [6.45, 7) is 2.90. The first-order valence-electron chi connectivity index (χ1n) is 8.77. The number of hydrogen-bond acceptors (Lipinski definition) is 3. The van der Waals surface area contributed by atoms with Gasteiger partial charge < -0.3 is 14.4 Å². The first-order valence-corrected chi connectivity index (χ1v) is 8.77. The third kappa shape index (κ3) is 2.94. The standard InChI is InChI=1S/C18H27NO3/c1-2-6-17-14(10-12-22-17)18(21)19-11-5-8-15(19)13-7-3-4-9-16(13)20/h10,12-13,15-16,20H,2-9,11H2,1H3/t13-,15+,16+/m0/s1. The summed E-state index contributed by atoms with van der Waals surface area (Å²) in [5.41, 5.74) is 0.721. The molecular formula is C18H27NO3. The van der Waals surface area contributed by atoms with Crippen LogP contribution in [0.5, 0.6) is 0 Å². The molecule has 122 valence electrons. The third-order valence-corrected chi connectivity index (χ3v) is 5.29. The Morgan fingerprint density at radius 1 is 1.32 bits per heavy atom.